The van der Waals surface area contributed by atoms with Gasteiger partial charge in [-0.05, 0) is 48.4 Å². The lowest BCUT2D eigenvalue weighted by Crippen LogP contribution is -2.01. The van der Waals surface area contributed by atoms with Gasteiger partial charge in [0.1, 0.15) is 5.82 Å². The average Bonchev–Trinajstić information content (AvgIpc) is 2.43. The summed E-state index contributed by atoms with van der Waals surface area (Å²) in [5, 5.41) is 0. The van der Waals surface area contributed by atoms with Crippen LogP contribution in [-0.2, 0) is 12.8 Å². The molecule has 0 heterocycles. The minimum absolute atomic E-state index is 0.152. The van der Waals surface area contributed by atoms with Gasteiger partial charge in [0.2, 0.25) is 0 Å². The summed E-state index contributed by atoms with van der Waals surface area (Å²) in [5.41, 5.74) is 2.64. The van der Waals surface area contributed by atoms with Gasteiger partial charge in [-0.15, -0.1) is 0 Å². The van der Waals surface area contributed by atoms with E-state index < -0.39 is 0 Å². The van der Waals surface area contributed by atoms with Crippen molar-refractivity contribution < 1.29 is 4.39 Å². The molecule has 2 aromatic carbocycles. The largest absolute Gasteiger partial charge is 0.207 e. The zero-order chi connectivity index (χ0) is 13.5. The van der Waals surface area contributed by atoms with E-state index in [1.165, 1.54) is 24.0 Å². The molecule has 1 unspecified atom stereocenters. The molecular weight excluding hydrogens is 235 g/mol. The van der Waals surface area contributed by atoms with Crippen LogP contribution in [0, 0.1) is 11.7 Å². The predicted molar refractivity (Wildman–Crippen MR) is 78.6 cm³/mol. The van der Waals surface area contributed by atoms with Gasteiger partial charge in [0.25, 0.3) is 0 Å². The van der Waals surface area contributed by atoms with Crippen LogP contribution in [0.15, 0.2) is 54.6 Å². The predicted octanol–water partition coefficient (Wildman–Crippen LogP) is 5.03. The highest BCUT2D eigenvalue weighted by Crippen LogP contribution is 2.16. The number of hydrogen-bond donors (Lipinski definition) is 0. The first-order chi connectivity index (χ1) is 9.24. The maximum Gasteiger partial charge on any atom is 0.123 e. The summed E-state index contributed by atoms with van der Waals surface area (Å²) < 4.78 is 12.8. The van der Waals surface area contributed by atoms with Crippen molar-refractivity contribution in [1.82, 2.24) is 0 Å². The van der Waals surface area contributed by atoms with Crippen LogP contribution in [0.3, 0.4) is 0 Å². The molecule has 0 spiro atoms. The summed E-state index contributed by atoms with van der Waals surface area (Å²) in [5.74, 6) is 0.495. The summed E-state index contributed by atoms with van der Waals surface area (Å²) in [4.78, 5) is 0. The first kappa shape index (κ1) is 13.8. The standard InChI is InChI=1S/C18H21F/c1-15(14-17-10-12-18(19)13-11-17)6-5-9-16-7-3-2-4-8-16/h2-4,7-8,10-13,15H,5-6,9,14H2,1H3. The molecule has 0 nitrogen and oxygen atoms in total. The molecule has 1 heteroatoms. The highest BCUT2D eigenvalue weighted by atomic mass is 19.1. The summed E-state index contributed by atoms with van der Waals surface area (Å²) >= 11 is 0. The molecule has 0 aliphatic carbocycles. The lowest BCUT2D eigenvalue weighted by molar-refractivity contribution is 0.507. The monoisotopic (exact) mass is 256 g/mol. The minimum atomic E-state index is -0.152. The highest BCUT2D eigenvalue weighted by Gasteiger charge is 2.04. The molecule has 0 aliphatic heterocycles. The topological polar surface area (TPSA) is 0 Å². The van der Waals surface area contributed by atoms with Gasteiger partial charge in [0, 0.05) is 0 Å². The molecule has 0 saturated carbocycles. The molecule has 0 radical (unpaired) electrons. The van der Waals surface area contributed by atoms with E-state index >= 15 is 0 Å². The number of benzene rings is 2. The Balaban J connectivity index is 1.73. The Morgan fingerprint density at radius 3 is 2.26 bits per heavy atom. The second kappa shape index (κ2) is 7.08. The van der Waals surface area contributed by atoms with Crippen LogP contribution < -0.4 is 0 Å². The van der Waals surface area contributed by atoms with Crippen LogP contribution in [-0.4, -0.2) is 0 Å². The van der Waals surface area contributed by atoms with E-state index in [4.69, 9.17) is 0 Å². The molecule has 0 aliphatic rings. The summed E-state index contributed by atoms with van der Waals surface area (Å²) in [7, 11) is 0. The molecule has 0 aromatic heterocycles. The van der Waals surface area contributed by atoms with Crippen LogP contribution >= 0.6 is 0 Å². The second-order valence-electron chi connectivity index (χ2n) is 5.31. The SMILES string of the molecule is CC(CCCc1ccccc1)Cc1ccc(F)cc1. The van der Waals surface area contributed by atoms with Crippen molar-refractivity contribution in [3.63, 3.8) is 0 Å². The van der Waals surface area contributed by atoms with E-state index in [9.17, 15) is 4.39 Å². The maximum atomic E-state index is 12.8. The minimum Gasteiger partial charge on any atom is -0.207 e. The van der Waals surface area contributed by atoms with Crippen LogP contribution in [0.1, 0.15) is 30.9 Å². The molecule has 0 fully saturated rings. The number of hydrogen-bond acceptors (Lipinski definition) is 0. The van der Waals surface area contributed by atoms with Crippen molar-refractivity contribution in [3.05, 3.63) is 71.5 Å². The Morgan fingerprint density at radius 1 is 0.895 bits per heavy atom. The van der Waals surface area contributed by atoms with Crippen LogP contribution in [0.5, 0.6) is 0 Å². The third-order valence-corrected chi connectivity index (χ3v) is 3.50. The van der Waals surface area contributed by atoms with Gasteiger partial charge in [-0.1, -0.05) is 55.8 Å². The lowest BCUT2D eigenvalue weighted by Gasteiger charge is -2.11. The Labute approximate surface area is 115 Å². The van der Waals surface area contributed by atoms with Crippen molar-refractivity contribution in [1.29, 1.82) is 0 Å². The van der Waals surface area contributed by atoms with E-state index in [1.807, 2.05) is 12.1 Å². The van der Waals surface area contributed by atoms with E-state index in [-0.39, 0.29) is 5.82 Å². The van der Waals surface area contributed by atoms with Crippen LogP contribution in [0.4, 0.5) is 4.39 Å². The van der Waals surface area contributed by atoms with E-state index in [0.717, 1.165) is 12.8 Å². The molecule has 0 bridgehead atoms. The van der Waals surface area contributed by atoms with Gasteiger partial charge >= 0.3 is 0 Å². The van der Waals surface area contributed by atoms with Gasteiger partial charge in [0.15, 0.2) is 0 Å². The third-order valence-electron chi connectivity index (χ3n) is 3.50. The van der Waals surface area contributed by atoms with Crippen molar-refractivity contribution in [2.24, 2.45) is 5.92 Å². The van der Waals surface area contributed by atoms with Gasteiger partial charge in [-0.25, -0.2) is 4.39 Å². The molecule has 0 saturated heterocycles. The molecule has 0 amide bonds. The quantitative estimate of drug-likeness (QED) is 0.680. The van der Waals surface area contributed by atoms with E-state index in [2.05, 4.69) is 37.3 Å². The van der Waals surface area contributed by atoms with Crippen LogP contribution in [0.2, 0.25) is 0 Å². The van der Waals surface area contributed by atoms with Crippen molar-refractivity contribution in [2.75, 3.05) is 0 Å². The summed E-state index contributed by atoms with van der Waals surface area (Å²) in [6, 6.07) is 17.5. The summed E-state index contributed by atoms with van der Waals surface area (Å²) in [6.45, 7) is 2.27. The molecule has 100 valence electrons. The number of aryl methyl sites for hydroxylation is 1. The molecular formula is C18H21F. The van der Waals surface area contributed by atoms with E-state index in [0.29, 0.717) is 5.92 Å². The average molecular weight is 256 g/mol. The third kappa shape index (κ3) is 4.86. The van der Waals surface area contributed by atoms with Crippen LogP contribution in [0.25, 0.3) is 0 Å². The lowest BCUT2D eigenvalue weighted by atomic mass is 9.95. The number of halogens is 1. The van der Waals surface area contributed by atoms with Gasteiger partial charge in [0.05, 0.1) is 0 Å². The zero-order valence-electron chi connectivity index (χ0n) is 11.5. The Kier molecular flexibility index (Phi) is 5.14. The summed E-state index contributed by atoms with van der Waals surface area (Å²) in [6.07, 6.45) is 4.61. The zero-order valence-corrected chi connectivity index (χ0v) is 11.5. The molecule has 1 atom stereocenters. The highest BCUT2D eigenvalue weighted by molar-refractivity contribution is 5.17. The van der Waals surface area contributed by atoms with Crippen molar-refractivity contribution in [2.45, 2.75) is 32.6 Å². The fourth-order valence-corrected chi connectivity index (χ4v) is 2.42. The first-order valence-corrected chi connectivity index (χ1v) is 7.02. The number of rotatable bonds is 6. The fourth-order valence-electron chi connectivity index (χ4n) is 2.42. The maximum absolute atomic E-state index is 12.8. The second-order valence-corrected chi connectivity index (χ2v) is 5.31. The Bertz CT molecular complexity index is 473. The molecule has 19 heavy (non-hydrogen) atoms. The fraction of sp³-hybridized carbons (Fsp3) is 0.333. The van der Waals surface area contributed by atoms with Crippen molar-refractivity contribution >= 4 is 0 Å². The van der Waals surface area contributed by atoms with Crippen molar-refractivity contribution in [3.8, 4) is 0 Å². The molecule has 2 aromatic rings. The van der Waals surface area contributed by atoms with E-state index in [1.54, 1.807) is 12.1 Å². The Morgan fingerprint density at radius 2 is 1.58 bits per heavy atom. The molecule has 2 rings (SSSR count). The van der Waals surface area contributed by atoms with Gasteiger partial charge in [-0.3, -0.25) is 0 Å². The molecule has 0 N–H and O–H groups in total. The Hall–Kier alpha value is -1.63. The van der Waals surface area contributed by atoms with Gasteiger partial charge < -0.3 is 0 Å². The van der Waals surface area contributed by atoms with Gasteiger partial charge in [-0.2, -0.15) is 0 Å². The smallest absolute Gasteiger partial charge is 0.123 e. The first-order valence-electron chi connectivity index (χ1n) is 7.02. The normalized spacial score (nSPS) is 12.3.